The lowest BCUT2D eigenvalue weighted by Crippen LogP contribution is -2.27. The van der Waals surface area contributed by atoms with Gasteiger partial charge in [-0.3, -0.25) is 0 Å². The third-order valence-electron chi connectivity index (χ3n) is 6.33. The van der Waals surface area contributed by atoms with Gasteiger partial charge in [0, 0.05) is 50.1 Å². The number of rotatable bonds is 7. The van der Waals surface area contributed by atoms with Gasteiger partial charge in [-0.2, -0.15) is 0 Å². The first-order valence-corrected chi connectivity index (χ1v) is 10.2. The van der Waals surface area contributed by atoms with Gasteiger partial charge in [0.25, 0.3) is 0 Å². The van der Waals surface area contributed by atoms with Crippen LogP contribution in [-0.2, 0) is 6.42 Å². The van der Waals surface area contributed by atoms with Crippen LogP contribution in [0.3, 0.4) is 0 Å². The van der Waals surface area contributed by atoms with Crippen molar-refractivity contribution in [3.8, 4) is 17.0 Å². The number of anilines is 1. The quantitative estimate of drug-likeness (QED) is 0.689. The van der Waals surface area contributed by atoms with E-state index >= 15 is 0 Å². The highest BCUT2D eigenvalue weighted by Gasteiger charge is 2.57. The molecule has 0 amide bonds. The zero-order valence-electron chi connectivity index (χ0n) is 16.3. The molecule has 2 N–H and O–H groups in total. The van der Waals surface area contributed by atoms with Gasteiger partial charge >= 0.3 is 6.36 Å². The number of nitrogen functional groups attached to an aromatic ring is 1. The van der Waals surface area contributed by atoms with Crippen LogP contribution in [0.2, 0.25) is 0 Å². The molecule has 162 valence electrons. The van der Waals surface area contributed by atoms with Gasteiger partial charge in [-0.05, 0) is 36.7 Å². The highest BCUT2D eigenvalue weighted by Crippen LogP contribution is 2.56. The number of nitrogens with zero attached hydrogens (tertiary/aromatic N) is 4. The lowest BCUT2D eigenvalue weighted by molar-refractivity contribution is -0.274. The fourth-order valence-electron chi connectivity index (χ4n) is 4.66. The Morgan fingerprint density at radius 2 is 1.93 bits per heavy atom. The Labute approximate surface area is 171 Å². The molecule has 3 fully saturated rings. The Hall–Kier alpha value is -2.36. The molecular weight excluding hydrogens is 402 g/mol. The maximum Gasteiger partial charge on any atom is 0.573 e. The van der Waals surface area contributed by atoms with Crippen molar-refractivity contribution in [3.05, 3.63) is 24.3 Å². The molecule has 0 bridgehead atoms. The number of pyridine rings is 1. The Bertz CT molecular complexity index is 930. The molecule has 5 rings (SSSR count). The van der Waals surface area contributed by atoms with E-state index in [0.717, 1.165) is 25.3 Å². The van der Waals surface area contributed by atoms with Gasteiger partial charge in [0.15, 0.2) is 11.6 Å². The van der Waals surface area contributed by atoms with Gasteiger partial charge in [0.1, 0.15) is 12.5 Å². The number of aromatic nitrogens is 3. The Balaban J connectivity index is 1.41. The van der Waals surface area contributed by atoms with Crippen LogP contribution in [0, 0.1) is 17.8 Å². The van der Waals surface area contributed by atoms with E-state index < -0.39 is 12.1 Å². The van der Waals surface area contributed by atoms with Crippen LogP contribution in [-0.4, -0.2) is 52.1 Å². The number of ether oxygens (including phenoxy) is 1. The summed E-state index contributed by atoms with van der Waals surface area (Å²) in [7, 11) is 0. The smallest absolute Gasteiger partial charge is 0.402 e. The Morgan fingerprint density at radius 1 is 1.20 bits per heavy atom. The number of nitrogens with two attached hydrogens (primary N) is 1. The first-order chi connectivity index (χ1) is 14.3. The summed E-state index contributed by atoms with van der Waals surface area (Å²) in [6.07, 6.45) is 1.70. The summed E-state index contributed by atoms with van der Waals surface area (Å²) in [6, 6.07) is 1.56. The van der Waals surface area contributed by atoms with Crippen LogP contribution >= 0.6 is 0 Å². The van der Waals surface area contributed by atoms with Crippen molar-refractivity contribution < 1.29 is 22.3 Å². The second-order valence-corrected chi connectivity index (χ2v) is 8.52. The highest BCUT2D eigenvalue weighted by atomic mass is 19.4. The highest BCUT2D eigenvalue weighted by molar-refractivity contribution is 5.64. The summed E-state index contributed by atoms with van der Waals surface area (Å²) in [5.74, 6) is 1.69. The lowest BCUT2D eigenvalue weighted by Gasteiger charge is -2.18. The van der Waals surface area contributed by atoms with Gasteiger partial charge in [-0.15, -0.1) is 13.2 Å². The summed E-state index contributed by atoms with van der Waals surface area (Å²) in [6.45, 7) is 1.90. The van der Waals surface area contributed by atoms with E-state index in [1.165, 1.54) is 25.1 Å². The van der Waals surface area contributed by atoms with Crippen LogP contribution in [0.15, 0.2) is 18.5 Å². The van der Waals surface area contributed by atoms with E-state index in [1.807, 2.05) is 6.20 Å². The van der Waals surface area contributed by atoms with Crippen LogP contribution in [0.25, 0.3) is 11.3 Å². The summed E-state index contributed by atoms with van der Waals surface area (Å²) in [5, 5.41) is 0. The lowest BCUT2D eigenvalue weighted by atomic mass is 10.2. The van der Waals surface area contributed by atoms with Crippen molar-refractivity contribution >= 4 is 5.82 Å². The van der Waals surface area contributed by atoms with Crippen molar-refractivity contribution in [1.29, 1.82) is 0 Å². The monoisotopic (exact) mass is 425 g/mol. The number of hydrogen-bond donors (Lipinski definition) is 1. The SMILES string of the molecule is Nc1ncc(-c2cn([C@H]3[C@@H]4CN(CCF)C[C@@H]43)c(CC3CC3)n2)cc1OC(F)(F)F. The molecule has 10 heteroatoms. The number of halogens is 4. The number of fused-ring (bicyclic) bond motifs is 1. The second-order valence-electron chi connectivity index (χ2n) is 8.52. The van der Waals surface area contributed by atoms with Gasteiger partial charge in [-0.1, -0.05) is 0 Å². The molecule has 0 radical (unpaired) electrons. The van der Waals surface area contributed by atoms with Crippen molar-refractivity contribution in [2.75, 3.05) is 32.0 Å². The van der Waals surface area contributed by atoms with E-state index in [2.05, 4.69) is 19.2 Å². The molecular formula is C20H23F4N5O. The second kappa shape index (κ2) is 7.11. The average Bonchev–Trinajstić information content (AvgIpc) is 3.51. The van der Waals surface area contributed by atoms with Gasteiger partial charge in [0.05, 0.1) is 5.69 Å². The topological polar surface area (TPSA) is 69.2 Å². The maximum atomic E-state index is 12.7. The van der Waals surface area contributed by atoms with Crippen molar-refractivity contribution in [1.82, 2.24) is 19.4 Å². The zero-order chi connectivity index (χ0) is 21.0. The predicted octanol–water partition coefficient (Wildman–Crippen LogP) is 3.45. The van der Waals surface area contributed by atoms with E-state index in [0.29, 0.717) is 41.6 Å². The zero-order valence-corrected chi connectivity index (χ0v) is 16.3. The first-order valence-electron chi connectivity index (χ1n) is 10.2. The van der Waals surface area contributed by atoms with E-state index in [1.54, 1.807) is 0 Å². The number of likely N-dealkylation sites (tertiary alicyclic amines) is 1. The maximum absolute atomic E-state index is 12.7. The van der Waals surface area contributed by atoms with Crippen LogP contribution in [0.1, 0.15) is 24.7 Å². The van der Waals surface area contributed by atoms with Gasteiger partial charge in [-0.25, -0.2) is 14.4 Å². The molecule has 1 aliphatic heterocycles. The minimum absolute atomic E-state index is 0.321. The van der Waals surface area contributed by atoms with Crippen molar-refractivity contribution in [3.63, 3.8) is 0 Å². The third kappa shape index (κ3) is 3.84. The van der Waals surface area contributed by atoms with E-state index in [4.69, 9.17) is 10.7 Å². The molecule has 0 aromatic carbocycles. The standard InChI is InChI=1S/C20H23F4N5O/c21-3-4-28-8-13-14(9-28)18(13)29-10-15(27-17(29)5-11-1-2-11)12-6-16(19(25)26-7-12)30-20(22,23)24/h6-7,10-11,13-14,18H,1-5,8-9H2,(H2,25,26)/t13-,14+,18+. The fourth-order valence-corrected chi connectivity index (χ4v) is 4.66. The average molecular weight is 425 g/mol. The molecule has 2 saturated carbocycles. The normalized spacial score (nSPS) is 26.1. The number of alkyl halides is 4. The molecule has 3 heterocycles. The van der Waals surface area contributed by atoms with E-state index in [9.17, 15) is 17.6 Å². The van der Waals surface area contributed by atoms with Crippen molar-refractivity contribution in [2.45, 2.75) is 31.7 Å². The summed E-state index contributed by atoms with van der Waals surface area (Å²) in [4.78, 5) is 10.8. The van der Waals surface area contributed by atoms with Gasteiger partial charge < -0.3 is 19.9 Å². The fraction of sp³-hybridized carbons (Fsp3) is 0.600. The predicted molar refractivity (Wildman–Crippen MR) is 101 cm³/mol. The number of imidazole rings is 1. The van der Waals surface area contributed by atoms with Crippen LogP contribution in [0.5, 0.6) is 5.75 Å². The number of piperidine rings is 1. The molecule has 6 nitrogen and oxygen atoms in total. The molecule has 30 heavy (non-hydrogen) atoms. The molecule has 3 aliphatic rings. The summed E-state index contributed by atoms with van der Waals surface area (Å²) in [5.41, 5.74) is 6.55. The van der Waals surface area contributed by atoms with E-state index in [-0.39, 0.29) is 12.5 Å². The molecule has 0 unspecified atom stereocenters. The minimum Gasteiger partial charge on any atom is -0.402 e. The van der Waals surface area contributed by atoms with Crippen LogP contribution < -0.4 is 10.5 Å². The molecule has 2 aliphatic carbocycles. The minimum atomic E-state index is -4.85. The van der Waals surface area contributed by atoms with Crippen LogP contribution in [0.4, 0.5) is 23.4 Å². The summed E-state index contributed by atoms with van der Waals surface area (Å²) < 4.78 is 56.8. The largest absolute Gasteiger partial charge is 0.573 e. The summed E-state index contributed by atoms with van der Waals surface area (Å²) >= 11 is 0. The Morgan fingerprint density at radius 3 is 2.57 bits per heavy atom. The Kier molecular flexibility index (Phi) is 4.64. The van der Waals surface area contributed by atoms with Gasteiger partial charge in [0.2, 0.25) is 0 Å². The molecule has 2 aromatic rings. The molecule has 0 spiro atoms. The van der Waals surface area contributed by atoms with Crippen molar-refractivity contribution in [2.24, 2.45) is 17.8 Å². The molecule has 2 aromatic heterocycles. The molecule has 3 atom stereocenters. The third-order valence-corrected chi connectivity index (χ3v) is 6.33. The number of hydrogen-bond acceptors (Lipinski definition) is 5. The first kappa shape index (κ1) is 19.6. The molecule has 1 saturated heterocycles.